The number of amides is 2. The van der Waals surface area contributed by atoms with Crippen molar-refractivity contribution in [1.29, 1.82) is 0 Å². The van der Waals surface area contributed by atoms with Crippen LogP contribution in [0.1, 0.15) is 44.7 Å². The first kappa shape index (κ1) is 22.5. The van der Waals surface area contributed by atoms with Crippen molar-refractivity contribution in [3.63, 3.8) is 0 Å². The minimum Gasteiger partial charge on any atom is -0.484 e. The van der Waals surface area contributed by atoms with Gasteiger partial charge in [0.2, 0.25) is 5.91 Å². The van der Waals surface area contributed by atoms with Crippen LogP contribution in [0.4, 0.5) is 0 Å². The van der Waals surface area contributed by atoms with Crippen molar-refractivity contribution < 1.29 is 14.3 Å². The van der Waals surface area contributed by atoms with Crippen molar-refractivity contribution in [1.82, 2.24) is 10.2 Å². The standard InChI is InChI=1S/C24H32N2O3/c1-5-19(4)25-24(28)22(6-2)26(16-20-13-11-10-12-18(20)3)23(27)17-29-21-14-8-7-9-15-21/h7-15,19,22H,5-6,16-17H2,1-4H3,(H,25,28)/t19-,22-/m1/s1. The number of hydrogen-bond acceptors (Lipinski definition) is 3. The summed E-state index contributed by atoms with van der Waals surface area (Å²) in [5.41, 5.74) is 2.11. The first-order chi connectivity index (χ1) is 14.0. The van der Waals surface area contributed by atoms with Crippen LogP contribution >= 0.6 is 0 Å². The van der Waals surface area contributed by atoms with Gasteiger partial charge in [-0.25, -0.2) is 0 Å². The molecule has 0 radical (unpaired) electrons. The fourth-order valence-electron chi connectivity index (χ4n) is 3.08. The zero-order chi connectivity index (χ0) is 21.2. The van der Waals surface area contributed by atoms with E-state index in [0.717, 1.165) is 17.5 Å². The summed E-state index contributed by atoms with van der Waals surface area (Å²) < 4.78 is 5.67. The number of hydrogen-bond donors (Lipinski definition) is 1. The molecule has 2 amide bonds. The van der Waals surface area contributed by atoms with E-state index in [1.165, 1.54) is 0 Å². The number of carbonyl (C=O) groups excluding carboxylic acids is 2. The molecule has 0 heterocycles. The van der Waals surface area contributed by atoms with Crippen LogP contribution in [-0.4, -0.2) is 35.4 Å². The lowest BCUT2D eigenvalue weighted by Gasteiger charge is -2.31. The molecule has 1 N–H and O–H groups in total. The third kappa shape index (κ3) is 6.63. The highest BCUT2D eigenvalue weighted by Gasteiger charge is 2.29. The van der Waals surface area contributed by atoms with Crippen molar-refractivity contribution in [3.8, 4) is 5.75 Å². The van der Waals surface area contributed by atoms with Crippen LogP contribution in [0, 0.1) is 6.92 Å². The van der Waals surface area contributed by atoms with Crippen molar-refractivity contribution >= 4 is 11.8 Å². The molecule has 0 unspecified atom stereocenters. The van der Waals surface area contributed by atoms with E-state index in [0.29, 0.717) is 18.7 Å². The fraction of sp³-hybridized carbons (Fsp3) is 0.417. The molecule has 5 nitrogen and oxygen atoms in total. The summed E-state index contributed by atoms with van der Waals surface area (Å²) in [5, 5.41) is 3.02. The average molecular weight is 397 g/mol. The Morgan fingerprint density at radius 3 is 2.28 bits per heavy atom. The molecule has 0 spiro atoms. The van der Waals surface area contributed by atoms with Crippen molar-refractivity contribution in [3.05, 3.63) is 65.7 Å². The molecule has 2 aromatic rings. The van der Waals surface area contributed by atoms with Gasteiger partial charge in [0, 0.05) is 12.6 Å². The monoisotopic (exact) mass is 396 g/mol. The van der Waals surface area contributed by atoms with Gasteiger partial charge in [-0.3, -0.25) is 9.59 Å². The summed E-state index contributed by atoms with van der Waals surface area (Å²) in [6, 6.07) is 16.7. The first-order valence-electron chi connectivity index (χ1n) is 10.3. The predicted octanol–water partition coefficient (Wildman–Crippen LogP) is 4.10. The van der Waals surface area contributed by atoms with E-state index >= 15 is 0 Å². The quantitative estimate of drug-likeness (QED) is 0.658. The van der Waals surface area contributed by atoms with E-state index in [4.69, 9.17) is 4.74 Å². The minimum absolute atomic E-state index is 0.0625. The minimum atomic E-state index is -0.546. The number of para-hydroxylation sites is 1. The van der Waals surface area contributed by atoms with Gasteiger partial charge in [0.05, 0.1) is 0 Å². The maximum Gasteiger partial charge on any atom is 0.261 e. The van der Waals surface area contributed by atoms with Gasteiger partial charge in [0.15, 0.2) is 6.61 Å². The second-order valence-electron chi connectivity index (χ2n) is 7.29. The molecule has 0 bridgehead atoms. The number of carbonyl (C=O) groups is 2. The van der Waals surface area contributed by atoms with E-state index in [-0.39, 0.29) is 24.5 Å². The number of aryl methyl sites for hydroxylation is 1. The first-order valence-corrected chi connectivity index (χ1v) is 10.3. The lowest BCUT2D eigenvalue weighted by molar-refractivity contribution is -0.143. The molecule has 0 aliphatic heterocycles. The smallest absolute Gasteiger partial charge is 0.261 e. The predicted molar refractivity (Wildman–Crippen MR) is 116 cm³/mol. The van der Waals surface area contributed by atoms with Gasteiger partial charge in [-0.2, -0.15) is 0 Å². The summed E-state index contributed by atoms with van der Waals surface area (Å²) in [6.45, 7) is 8.20. The topological polar surface area (TPSA) is 58.6 Å². The highest BCUT2D eigenvalue weighted by atomic mass is 16.5. The van der Waals surface area contributed by atoms with E-state index < -0.39 is 6.04 Å². The van der Waals surface area contributed by atoms with Crippen LogP contribution in [0.25, 0.3) is 0 Å². The lowest BCUT2D eigenvalue weighted by Crippen LogP contribution is -2.51. The molecule has 5 heteroatoms. The molecular weight excluding hydrogens is 364 g/mol. The lowest BCUT2D eigenvalue weighted by atomic mass is 10.1. The Labute approximate surface area is 174 Å². The Bertz CT molecular complexity index is 792. The van der Waals surface area contributed by atoms with Gasteiger partial charge in [-0.05, 0) is 49.9 Å². The number of ether oxygens (including phenoxy) is 1. The molecule has 0 fully saturated rings. The van der Waals surface area contributed by atoms with Crippen LogP contribution in [0.3, 0.4) is 0 Å². The number of nitrogens with zero attached hydrogens (tertiary/aromatic N) is 1. The van der Waals surface area contributed by atoms with Crippen LogP contribution < -0.4 is 10.1 Å². The van der Waals surface area contributed by atoms with Crippen molar-refractivity contribution in [2.75, 3.05) is 6.61 Å². The Hall–Kier alpha value is -2.82. The number of benzene rings is 2. The van der Waals surface area contributed by atoms with Crippen LogP contribution in [0.15, 0.2) is 54.6 Å². The molecular formula is C24H32N2O3. The molecule has 0 aliphatic carbocycles. The SMILES string of the molecule is CC[C@@H](C)NC(=O)[C@@H](CC)N(Cc1ccccc1C)C(=O)COc1ccccc1. The molecule has 0 aliphatic rings. The van der Waals surface area contributed by atoms with Gasteiger partial charge in [0.1, 0.15) is 11.8 Å². The third-order valence-corrected chi connectivity index (χ3v) is 5.09. The summed E-state index contributed by atoms with van der Waals surface area (Å²) >= 11 is 0. The zero-order valence-corrected chi connectivity index (χ0v) is 17.9. The summed E-state index contributed by atoms with van der Waals surface area (Å²) in [5.74, 6) is 0.306. The summed E-state index contributed by atoms with van der Waals surface area (Å²) in [6.07, 6.45) is 1.37. The molecule has 0 saturated heterocycles. The van der Waals surface area contributed by atoms with Gasteiger partial charge >= 0.3 is 0 Å². The van der Waals surface area contributed by atoms with Crippen molar-refractivity contribution in [2.45, 2.75) is 59.2 Å². The normalized spacial score (nSPS) is 12.7. The van der Waals surface area contributed by atoms with E-state index in [9.17, 15) is 9.59 Å². The molecule has 0 aromatic heterocycles. The van der Waals surface area contributed by atoms with Gasteiger partial charge in [0.25, 0.3) is 5.91 Å². The molecule has 29 heavy (non-hydrogen) atoms. The average Bonchev–Trinajstić information content (AvgIpc) is 2.73. The second kappa shape index (κ2) is 11.2. The molecule has 2 atom stereocenters. The van der Waals surface area contributed by atoms with Gasteiger partial charge < -0.3 is 15.0 Å². The Balaban J connectivity index is 2.22. The Morgan fingerprint density at radius 1 is 1.00 bits per heavy atom. The van der Waals surface area contributed by atoms with E-state index in [2.05, 4.69) is 5.32 Å². The maximum atomic E-state index is 13.1. The molecule has 0 saturated carbocycles. The zero-order valence-electron chi connectivity index (χ0n) is 17.9. The molecule has 2 rings (SSSR count). The maximum absolute atomic E-state index is 13.1. The van der Waals surface area contributed by atoms with Gasteiger partial charge in [-0.1, -0.05) is 56.3 Å². The van der Waals surface area contributed by atoms with Crippen molar-refractivity contribution in [2.24, 2.45) is 0 Å². The molecule has 156 valence electrons. The van der Waals surface area contributed by atoms with E-state index in [1.807, 2.05) is 82.3 Å². The summed E-state index contributed by atoms with van der Waals surface area (Å²) in [4.78, 5) is 27.6. The molecule has 2 aromatic carbocycles. The van der Waals surface area contributed by atoms with Crippen LogP contribution in [0.2, 0.25) is 0 Å². The second-order valence-corrected chi connectivity index (χ2v) is 7.29. The van der Waals surface area contributed by atoms with E-state index in [1.54, 1.807) is 4.90 Å². The van der Waals surface area contributed by atoms with Crippen LogP contribution in [-0.2, 0) is 16.1 Å². The highest BCUT2D eigenvalue weighted by molar-refractivity contribution is 5.88. The third-order valence-electron chi connectivity index (χ3n) is 5.09. The number of nitrogens with one attached hydrogen (secondary N) is 1. The Morgan fingerprint density at radius 2 is 1.66 bits per heavy atom. The highest BCUT2D eigenvalue weighted by Crippen LogP contribution is 2.17. The van der Waals surface area contributed by atoms with Crippen LogP contribution in [0.5, 0.6) is 5.75 Å². The Kier molecular flexibility index (Phi) is 8.71. The van der Waals surface area contributed by atoms with Gasteiger partial charge in [-0.15, -0.1) is 0 Å². The largest absolute Gasteiger partial charge is 0.484 e. The fourth-order valence-corrected chi connectivity index (χ4v) is 3.08. The summed E-state index contributed by atoms with van der Waals surface area (Å²) in [7, 11) is 0. The number of rotatable bonds is 10.